The van der Waals surface area contributed by atoms with Gasteiger partial charge < -0.3 is 10.2 Å². The lowest BCUT2D eigenvalue weighted by Crippen LogP contribution is -2.31. The molecule has 0 atom stereocenters. The van der Waals surface area contributed by atoms with Crippen LogP contribution in [0.5, 0.6) is 0 Å². The minimum absolute atomic E-state index is 0.140. The lowest BCUT2D eigenvalue weighted by Gasteiger charge is -2.20. The van der Waals surface area contributed by atoms with Crippen molar-refractivity contribution in [2.75, 3.05) is 19.6 Å². The fraction of sp³-hybridized carbons (Fsp3) is 0.562. The second kappa shape index (κ2) is 9.56. The zero-order valence-electron chi connectivity index (χ0n) is 12.2. The Hall–Kier alpha value is -1.35. The monoisotopic (exact) mass is 262 g/mol. The smallest absolute Gasteiger partial charge is 0.221 e. The van der Waals surface area contributed by atoms with Crippen molar-refractivity contribution in [1.82, 2.24) is 10.2 Å². The van der Waals surface area contributed by atoms with E-state index in [0.29, 0.717) is 13.0 Å². The number of carbonyl (C=O) groups is 1. The Bertz CT molecular complexity index is 345. The number of carbonyl (C=O) groups excluding carboxylic acids is 1. The van der Waals surface area contributed by atoms with E-state index in [1.165, 1.54) is 0 Å². The summed E-state index contributed by atoms with van der Waals surface area (Å²) >= 11 is 0. The van der Waals surface area contributed by atoms with Gasteiger partial charge in [-0.15, -0.1) is 0 Å². The van der Waals surface area contributed by atoms with Crippen molar-refractivity contribution in [3.63, 3.8) is 0 Å². The van der Waals surface area contributed by atoms with Crippen LogP contribution in [0.15, 0.2) is 30.3 Å². The molecule has 0 spiro atoms. The molecule has 3 heteroatoms. The first-order chi connectivity index (χ1) is 9.26. The van der Waals surface area contributed by atoms with Crippen LogP contribution in [-0.2, 0) is 11.3 Å². The lowest BCUT2D eigenvalue weighted by atomic mass is 10.2. The predicted molar refractivity (Wildman–Crippen MR) is 79.9 cm³/mol. The van der Waals surface area contributed by atoms with Crippen molar-refractivity contribution in [1.29, 1.82) is 0 Å². The Balaban J connectivity index is 2.23. The quantitative estimate of drug-likeness (QED) is 0.742. The van der Waals surface area contributed by atoms with Gasteiger partial charge in [-0.1, -0.05) is 44.2 Å². The number of nitrogens with one attached hydrogen (secondary N) is 1. The van der Waals surface area contributed by atoms with Crippen LogP contribution in [0.4, 0.5) is 0 Å². The van der Waals surface area contributed by atoms with E-state index in [4.69, 9.17) is 0 Å². The third-order valence-electron chi connectivity index (χ3n) is 3.07. The molecule has 0 saturated heterocycles. The maximum Gasteiger partial charge on any atom is 0.221 e. The molecule has 0 radical (unpaired) electrons. The number of benzene rings is 1. The van der Waals surface area contributed by atoms with Crippen LogP contribution >= 0.6 is 0 Å². The molecule has 19 heavy (non-hydrogen) atoms. The largest absolute Gasteiger partial charge is 0.352 e. The molecule has 0 aliphatic rings. The first-order valence-corrected chi connectivity index (χ1v) is 7.29. The highest BCUT2D eigenvalue weighted by Crippen LogP contribution is 1.99. The average molecular weight is 262 g/mol. The second-order valence-corrected chi connectivity index (χ2v) is 4.85. The van der Waals surface area contributed by atoms with E-state index < -0.39 is 0 Å². The maximum absolute atomic E-state index is 11.8. The van der Waals surface area contributed by atoms with E-state index >= 15 is 0 Å². The number of nitrogens with zero attached hydrogens (tertiary/aromatic N) is 1. The summed E-state index contributed by atoms with van der Waals surface area (Å²) in [5.41, 5.74) is 1.15. The van der Waals surface area contributed by atoms with Gasteiger partial charge in [0, 0.05) is 19.5 Å². The molecular formula is C16H26N2O. The maximum atomic E-state index is 11.8. The van der Waals surface area contributed by atoms with Crippen LogP contribution in [-0.4, -0.2) is 30.4 Å². The van der Waals surface area contributed by atoms with Gasteiger partial charge in [-0.05, 0) is 31.5 Å². The van der Waals surface area contributed by atoms with Crippen molar-refractivity contribution >= 4 is 5.91 Å². The van der Waals surface area contributed by atoms with E-state index in [2.05, 4.69) is 24.1 Å². The molecule has 1 aromatic carbocycles. The van der Waals surface area contributed by atoms with Gasteiger partial charge in [0.05, 0.1) is 0 Å². The van der Waals surface area contributed by atoms with E-state index in [0.717, 1.165) is 38.0 Å². The molecular weight excluding hydrogens is 236 g/mol. The van der Waals surface area contributed by atoms with Gasteiger partial charge in [0.15, 0.2) is 0 Å². The summed E-state index contributed by atoms with van der Waals surface area (Å²) in [5.74, 6) is 0.140. The van der Waals surface area contributed by atoms with E-state index in [9.17, 15) is 4.79 Å². The molecule has 0 aliphatic heterocycles. The molecule has 106 valence electrons. The predicted octanol–water partition coefficient (Wildman–Crippen LogP) is 2.81. The highest BCUT2D eigenvalue weighted by atomic mass is 16.1. The molecule has 1 aromatic rings. The Morgan fingerprint density at radius 2 is 1.68 bits per heavy atom. The first-order valence-electron chi connectivity index (χ1n) is 7.29. The molecule has 1 rings (SSSR count). The summed E-state index contributed by atoms with van der Waals surface area (Å²) in [6.45, 7) is 8.01. The summed E-state index contributed by atoms with van der Waals surface area (Å²) < 4.78 is 0. The van der Waals surface area contributed by atoms with Crippen molar-refractivity contribution in [2.24, 2.45) is 0 Å². The van der Waals surface area contributed by atoms with Crippen molar-refractivity contribution in [3.05, 3.63) is 35.9 Å². The minimum atomic E-state index is 0.140. The first kappa shape index (κ1) is 15.7. The summed E-state index contributed by atoms with van der Waals surface area (Å²) in [5, 5.41) is 2.97. The van der Waals surface area contributed by atoms with Crippen molar-refractivity contribution in [2.45, 2.75) is 39.7 Å². The van der Waals surface area contributed by atoms with E-state index in [1.54, 1.807) is 0 Å². The van der Waals surface area contributed by atoms with Gasteiger partial charge in [0.2, 0.25) is 5.91 Å². The minimum Gasteiger partial charge on any atom is -0.352 e. The molecule has 0 heterocycles. The van der Waals surface area contributed by atoms with Gasteiger partial charge in [0.25, 0.3) is 0 Å². The standard InChI is InChI=1S/C16H26N2O/c1-3-11-18(12-4-2)13-10-16(19)17-14-15-8-6-5-7-9-15/h5-9H,3-4,10-14H2,1-2H3,(H,17,19). The van der Waals surface area contributed by atoms with E-state index in [-0.39, 0.29) is 5.91 Å². The molecule has 0 aliphatic carbocycles. The molecule has 0 saturated carbocycles. The molecule has 0 bridgehead atoms. The topological polar surface area (TPSA) is 32.3 Å². The summed E-state index contributed by atoms with van der Waals surface area (Å²) in [4.78, 5) is 14.2. The van der Waals surface area contributed by atoms with Gasteiger partial charge in [-0.25, -0.2) is 0 Å². The van der Waals surface area contributed by atoms with E-state index in [1.807, 2.05) is 30.3 Å². The number of hydrogen-bond donors (Lipinski definition) is 1. The summed E-state index contributed by atoms with van der Waals surface area (Å²) in [6.07, 6.45) is 2.88. The third kappa shape index (κ3) is 6.97. The molecule has 1 N–H and O–H groups in total. The third-order valence-corrected chi connectivity index (χ3v) is 3.07. The fourth-order valence-corrected chi connectivity index (χ4v) is 2.11. The van der Waals surface area contributed by atoms with Crippen LogP contribution in [0, 0.1) is 0 Å². The Morgan fingerprint density at radius 3 is 2.26 bits per heavy atom. The van der Waals surface area contributed by atoms with Gasteiger partial charge in [0.1, 0.15) is 0 Å². The SMILES string of the molecule is CCCN(CCC)CCC(=O)NCc1ccccc1. The number of rotatable bonds is 9. The molecule has 1 amide bonds. The van der Waals surface area contributed by atoms with Crippen LogP contribution in [0.1, 0.15) is 38.7 Å². The second-order valence-electron chi connectivity index (χ2n) is 4.85. The zero-order valence-corrected chi connectivity index (χ0v) is 12.2. The van der Waals surface area contributed by atoms with Crippen LogP contribution < -0.4 is 5.32 Å². The highest BCUT2D eigenvalue weighted by molar-refractivity contribution is 5.76. The summed E-state index contributed by atoms with van der Waals surface area (Å²) in [7, 11) is 0. The number of amides is 1. The number of hydrogen-bond acceptors (Lipinski definition) is 2. The van der Waals surface area contributed by atoms with Gasteiger partial charge in [-0.3, -0.25) is 4.79 Å². The fourth-order valence-electron chi connectivity index (χ4n) is 2.11. The van der Waals surface area contributed by atoms with Crippen molar-refractivity contribution in [3.8, 4) is 0 Å². The molecule has 0 aromatic heterocycles. The van der Waals surface area contributed by atoms with Gasteiger partial charge in [-0.2, -0.15) is 0 Å². The Labute approximate surface area is 117 Å². The van der Waals surface area contributed by atoms with Crippen LogP contribution in [0.25, 0.3) is 0 Å². The van der Waals surface area contributed by atoms with Crippen molar-refractivity contribution < 1.29 is 4.79 Å². The molecule has 0 fully saturated rings. The van der Waals surface area contributed by atoms with Crippen LogP contribution in [0.3, 0.4) is 0 Å². The van der Waals surface area contributed by atoms with Gasteiger partial charge >= 0.3 is 0 Å². The Kier molecular flexibility index (Phi) is 7.91. The normalized spacial score (nSPS) is 10.7. The zero-order chi connectivity index (χ0) is 13.9. The molecule has 3 nitrogen and oxygen atoms in total. The molecule has 0 unspecified atom stereocenters. The lowest BCUT2D eigenvalue weighted by molar-refractivity contribution is -0.121. The summed E-state index contributed by atoms with van der Waals surface area (Å²) in [6, 6.07) is 10.0. The van der Waals surface area contributed by atoms with Crippen LogP contribution in [0.2, 0.25) is 0 Å². The average Bonchev–Trinajstić information content (AvgIpc) is 2.44. The highest BCUT2D eigenvalue weighted by Gasteiger charge is 2.06. The Morgan fingerprint density at radius 1 is 1.05 bits per heavy atom.